The van der Waals surface area contributed by atoms with E-state index >= 15 is 0 Å². The van der Waals surface area contributed by atoms with E-state index in [2.05, 4.69) is 20.9 Å². The van der Waals surface area contributed by atoms with Crippen LogP contribution in [0.15, 0.2) is 0 Å². The van der Waals surface area contributed by atoms with Crippen molar-refractivity contribution < 1.29 is 15.0 Å². The summed E-state index contributed by atoms with van der Waals surface area (Å²) in [5.74, 6) is -1.41. The summed E-state index contributed by atoms with van der Waals surface area (Å²) < 4.78 is 1.02. The van der Waals surface area contributed by atoms with Crippen molar-refractivity contribution in [2.75, 3.05) is 5.33 Å². The summed E-state index contributed by atoms with van der Waals surface area (Å²) in [4.78, 5) is 23.1. The molecule has 1 atom stereocenters. The van der Waals surface area contributed by atoms with Crippen LogP contribution in [0.3, 0.4) is 0 Å². The normalized spacial score (nSPS) is 12.4. The Bertz CT molecular complexity index is 459. The Morgan fingerprint density at radius 1 is 1.47 bits per heavy atom. The molecule has 17 heavy (non-hydrogen) atoms. The SMILES string of the molecule is Cc1nc([N+](=O)[O-])c([N+](=O)[O-])n1CC(O)CBr. The highest BCUT2D eigenvalue weighted by Crippen LogP contribution is 2.27. The van der Waals surface area contributed by atoms with Gasteiger partial charge in [0.15, 0.2) is 0 Å². The Hall–Kier alpha value is -1.55. The lowest BCUT2D eigenvalue weighted by Crippen LogP contribution is -2.19. The molecule has 0 aliphatic rings. The highest BCUT2D eigenvalue weighted by atomic mass is 79.9. The molecule has 0 spiro atoms. The predicted molar refractivity (Wildman–Crippen MR) is 60.1 cm³/mol. The third kappa shape index (κ3) is 2.77. The van der Waals surface area contributed by atoms with Crippen molar-refractivity contribution in [1.82, 2.24) is 9.55 Å². The van der Waals surface area contributed by atoms with Gasteiger partial charge in [-0.05, 0) is 9.85 Å². The highest BCUT2D eigenvalue weighted by Gasteiger charge is 2.36. The van der Waals surface area contributed by atoms with E-state index in [0.717, 1.165) is 4.57 Å². The van der Waals surface area contributed by atoms with Crippen molar-refractivity contribution in [2.45, 2.75) is 19.6 Å². The van der Waals surface area contributed by atoms with Crippen molar-refractivity contribution in [2.24, 2.45) is 0 Å². The number of imidazole rings is 1. The topological polar surface area (TPSA) is 124 Å². The van der Waals surface area contributed by atoms with Crippen LogP contribution in [0.25, 0.3) is 0 Å². The van der Waals surface area contributed by atoms with Crippen LogP contribution in [0.4, 0.5) is 11.6 Å². The minimum atomic E-state index is -0.915. The minimum absolute atomic E-state index is 0.114. The first kappa shape index (κ1) is 13.5. The van der Waals surface area contributed by atoms with Crippen LogP contribution in [-0.2, 0) is 6.54 Å². The summed E-state index contributed by atoms with van der Waals surface area (Å²) in [6.45, 7) is 1.27. The fraction of sp³-hybridized carbons (Fsp3) is 0.571. The number of hydrogen-bond acceptors (Lipinski definition) is 6. The predicted octanol–water partition coefficient (Wildman–Crippen LogP) is 0.764. The van der Waals surface area contributed by atoms with E-state index in [1.54, 1.807) is 0 Å². The van der Waals surface area contributed by atoms with Crippen LogP contribution in [0.5, 0.6) is 0 Å². The van der Waals surface area contributed by atoms with E-state index < -0.39 is 27.6 Å². The molecule has 1 rings (SSSR count). The Morgan fingerprint density at radius 3 is 2.47 bits per heavy atom. The van der Waals surface area contributed by atoms with Crippen molar-refractivity contribution in [3.63, 3.8) is 0 Å². The maximum Gasteiger partial charge on any atom is 0.462 e. The summed E-state index contributed by atoms with van der Waals surface area (Å²) in [5, 5.41) is 31.0. The molecule has 1 aromatic rings. The van der Waals surface area contributed by atoms with E-state index in [1.807, 2.05) is 0 Å². The smallest absolute Gasteiger partial charge is 0.388 e. The molecule has 0 radical (unpaired) electrons. The van der Waals surface area contributed by atoms with Crippen LogP contribution in [0.1, 0.15) is 5.82 Å². The third-order valence-electron chi connectivity index (χ3n) is 2.03. The molecule has 0 saturated carbocycles. The molecule has 0 fully saturated rings. The number of nitro groups is 2. The second-order valence-corrected chi connectivity index (χ2v) is 3.89. The maximum atomic E-state index is 10.8. The molecule has 1 heterocycles. The summed E-state index contributed by atoms with van der Waals surface area (Å²) in [7, 11) is 0. The van der Waals surface area contributed by atoms with Gasteiger partial charge in [0.2, 0.25) is 0 Å². The van der Waals surface area contributed by atoms with Crippen LogP contribution in [0.2, 0.25) is 0 Å². The van der Waals surface area contributed by atoms with Gasteiger partial charge in [0.1, 0.15) is 12.6 Å². The quantitative estimate of drug-likeness (QED) is 0.486. The largest absolute Gasteiger partial charge is 0.462 e. The molecular formula is C7H9BrN4O5. The number of hydrogen-bond donors (Lipinski definition) is 1. The summed E-state index contributed by atoms with van der Waals surface area (Å²) in [6, 6.07) is 0. The maximum absolute atomic E-state index is 10.8. The Balaban J connectivity index is 3.28. The van der Waals surface area contributed by atoms with Gasteiger partial charge in [-0.15, -0.1) is 0 Å². The second kappa shape index (κ2) is 5.19. The molecule has 0 aromatic carbocycles. The number of nitrogens with zero attached hydrogens (tertiary/aromatic N) is 4. The Morgan fingerprint density at radius 2 is 2.06 bits per heavy atom. The monoisotopic (exact) mass is 308 g/mol. The van der Waals surface area contributed by atoms with Gasteiger partial charge >= 0.3 is 17.5 Å². The van der Waals surface area contributed by atoms with Gasteiger partial charge in [0.25, 0.3) is 0 Å². The number of aliphatic hydroxyl groups is 1. The zero-order valence-corrected chi connectivity index (χ0v) is 10.3. The summed E-state index contributed by atoms with van der Waals surface area (Å²) in [5.41, 5.74) is 0. The number of aliphatic hydroxyl groups excluding tert-OH is 1. The van der Waals surface area contributed by atoms with E-state index in [4.69, 9.17) is 0 Å². The third-order valence-corrected chi connectivity index (χ3v) is 2.78. The Kier molecular flexibility index (Phi) is 4.12. The standard InChI is InChI=1S/C7H9BrN4O5/c1-4-9-6(11(14)15)7(12(16)17)10(4)3-5(13)2-8/h5,13H,2-3H2,1H3. The molecule has 0 bridgehead atoms. The molecule has 10 heteroatoms. The first-order valence-corrected chi connectivity index (χ1v) is 5.60. The molecular weight excluding hydrogens is 300 g/mol. The average Bonchev–Trinajstić information content (AvgIpc) is 2.56. The van der Waals surface area contributed by atoms with E-state index in [9.17, 15) is 25.3 Å². The van der Waals surface area contributed by atoms with Crippen molar-refractivity contribution in [3.05, 3.63) is 26.1 Å². The lowest BCUT2D eigenvalue weighted by atomic mass is 10.4. The summed E-state index contributed by atoms with van der Waals surface area (Å²) >= 11 is 3.01. The van der Waals surface area contributed by atoms with Crippen LogP contribution < -0.4 is 0 Å². The van der Waals surface area contributed by atoms with E-state index in [-0.39, 0.29) is 17.7 Å². The van der Waals surface area contributed by atoms with Gasteiger partial charge in [-0.2, -0.15) is 4.57 Å². The number of alkyl halides is 1. The minimum Gasteiger partial charge on any atom is -0.388 e. The second-order valence-electron chi connectivity index (χ2n) is 3.24. The van der Waals surface area contributed by atoms with Gasteiger partial charge in [-0.1, -0.05) is 15.9 Å². The zero-order valence-electron chi connectivity index (χ0n) is 8.74. The zero-order chi connectivity index (χ0) is 13.2. The van der Waals surface area contributed by atoms with Crippen LogP contribution in [0, 0.1) is 27.2 Å². The van der Waals surface area contributed by atoms with Gasteiger partial charge in [0, 0.05) is 17.2 Å². The molecule has 0 amide bonds. The van der Waals surface area contributed by atoms with E-state index in [1.165, 1.54) is 6.92 Å². The molecule has 1 aromatic heterocycles. The van der Waals surface area contributed by atoms with Crippen molar-refractivity contribution >= 4 is 27.6 Å². The van der Waals surface area contributed by atoms with Crippen molar-refractivity contribution in [3.8, 4) is 0 Å². The first-order valence-electron chi connectivity index (χ1n) is 4.48. The lowest BCUT2D eigenvalue weighted by molar-refractivity contribution is -0.428. The Labute approximate surface area is 103 Å². The van der Waals surface area contributed by atoms with Gasteiger partial charge < -0.3 is 25.3 Å². The molecule has 94 valence electrons. The van der Waals surface area contributed by atoms with Gasteiger partial charge in [0.05, 0.1) is 0 Å². The fourth-order valence-corrected chi connectivity index (χ4v) is 1.52. The van der Waals surface area contributed by atoms with Crippen LogP contribution in [-0.4, -0.2) is 35.9 Å². The lowest BCUT2D eigenvalue weighted by Gasteiger charge is -2.04. The highest BCUT2D eigenvalue weighted by molar-refractivity contribution is 9.09. The molecule has 0 aliphatic heterocycles. The molecule has 1 unspecified atom stereocenters. The number of aryl methyl sites for hydroxylation is 1. The first-order chi connectivity index (χ1) is 7.88. The van der Waals surface area contributed by atoms with E-state index in [0.29, 0.717) is 0 Å². The molecule has 0 saturated heterocycles. The number of halogens is 1. The average molecular weight is 309 g/mol. The molecule has 1 N–H and O–H groups in total. The molecule has 9 nitrogen and oxygen atoms in total. The van der Waals surface area contributed by atoms with Crippen molar-refractivity contribution in [1.29, 1.82) is 0 Å². The van der Waals surface area contributed by atoms with Gasteiger partial charge in [-0.3, -0.25) is 0 Å². The molecule has 0 aliphatic carbocycles. The summed E-state index contributed by atoms with van der Waals surface area (Å²) in [6.07, 6.45) is -0.888. The number of aromatic nitrogens is 2. The van der Waals surface area contributed by atoms with Gasteiger partial charge in [-0.25, -0.2) is 0 Å². The van der Waals surface area contributed by atoms with Crippen LogP contribution >= 0.6 is 15.9 Å². The number of rotatable bonds is 5. The fourth-order valence-electron chi connectivity index (χ4n) is 1.32.